The minimum Gasteiger partial charge on any atom is -0.508 e. The predicted molar refractivity (Wildman–Crippen MR) is 83.9 cm³/mol. The Morgan fingerprint density at radius 2 is 2.09 bits per heavy atom. The maximum atomic E-state index is 11.9. The van der Waals surface area contributed by atoms with Crippen LogP contribution in [0.2, 0.25) is 0 Å². The van der Waals surface area contributed by atoms with Gasteiger partial charge in [0, 0.05) is 13.6 Å². The molecule has 116 valence electrons. The number of aromatic hydroxyl groups is 1. The molecule has 2 aromatic rings. The molecule has 0 radical (unpaired) electrons. The summed E-state index contributed by atoms with van der Waals surface area (Å²) in [6, 6.07) is 6.44. The molecule has 0 aliphatic rings. The van der Waals surface area contributed by atoms with E-state index in [0.717, 1.165) is 5.56 Å². The van der Waals surface area contributed by atoms with Crippen LogP contribution in [0.1, 0.15) is 21.5 Å². The van der Waals surface area contributed by atoms with Crippen LogP contribution >= 0.6 is 11.3 Å². The quantitative estimate of drug-likeness (QED) is 0.860. The van der Waals surface area contributed by atoms with Crippen LogP contribution < -0.4 is 0 Å². The summed E-state index contributed by atoms with van der Waals surface area (Å²) in [7, 11) is 1.66. The van der Waals surface area contributed by atoms with Gasteiger partial charge in [-0.3, -0.25) is 4.79 Å². The van der Waals surface area contributed by atoms with E-state index in [1.165, 1.54) is 11.0 Å². The molecule has 6 heteroatoms. The van der Waals surface area contributed by atoms with Gasteiger partial charge in [0.25, 0.3) is 5.91 Å². The zero-order valence-corrected chi connectivity index (χ0v) is 13.2. The van der Waals surface area contributed by atoms with Gasteiger partial charge in [0.2, 0.25) is 0 Å². The molecule has 5 nitrogen and oxygen atoms in total. The second-order valence-corrected chi connectivity index (χ2v) is 5.74. The molecule has 0 spiro atoms. The van der Waals surface area contributed by atoms with E-state index in [0.29, 0.717) is 12.1 Å². The van der Waals surface area contributed by atoms with Crippen LogP contribution in [0.15, 0.2) is 35.0 Å². The fraction of sp³-hybridized carbons (Fsp3) is 0.250. The van der Waals surface area contributed by atoms with E-state index in [2.05, 4.69) is 0 Å². The average molecular weight is 319 g/mol. The SMILES string of the molecule is Cc1ccc(C(=O)OCC(=O)N(C)Cc2ccsc2)cc1O. The van der Waals surface area contributed by atoms with Crippen LogP contribution in [0.5, 0.6) is 5.75 Å². The third kappa shape index (κ3) is 4.08. The Morgan fingerprint density at radius 1 is 1.32 bits per heavy atom. The summed E-state index contributed by atoms with van der Waals surface area (Å²) >= 11 is 1.56. The average Bonchev–Trinajstić information content (AvgIpc) is 3.00. The first-order valence-electron chi connectivity index (χ1n) is 6.69. The number of aryl methyl sites for hydroxylation is 1. The Kier molecular flexibility index (Phi) is 5.16. The molecule has 1 N–H and O–H groups in total. The van der Waals surface area contributed by atoms with Gasteiger partial charge in [0.05, 0.1) is 5.56 Å². The zero-order valence-electron chi connectivity index (χ0n) is 12.4. The number of ether oxygens (including phenoxy) is 1. The molecule has 1 aromatic heterocycles. The van der Waals surface area contributed by atoms with Crippen molar-refractivity contribution in [3.63, 3.8) is 0 Å². The fourth-order valence-electron chi connectivity index (χ4n) is 1.80. The number of hydrogen-bond acceptors (Lipinski definition) is 5. The van der Waals surface area contributed by atoms with E-state index in [1.54, 1.807) is 37.4 Å². The second kappa shape index (κ2) is 7.09. The van der Waals surface area contributed by atoms with Crippen molar-refractivity contribution in [2.24, 2.45) is 0 Å². The summed E-state index contributed by atoms with van der Waals surface area (Å²) in [5.74, 6) is -0.890. The lowest BCUT2D eigenvalue weighted by Crippen LogP contribution is -2.30. The fourth-order valence-corrected chi connectivity index (χ4v) is 2.46. The van der Waals surface area contributed by atoms with Gasteiger partial charge in [0.1, 0.15) is 5.75 Å². The second-order valence-electron chi connectivity index (χ2n) is 4.96. The molecule has 1 heterocycles. The highest BCUT2D eigenvalue weighted by molar-refractivity contribution is 7.07. The van der Waals surface area contributed by atoms with Crippen LogP contribution in [0.25, 0.3) is 0 Å². The number of nitrogens with zero attached hydrogens (tertiary/aromatic N) is 1. The number of esters is 1. The standard InChI is InChI=1S/C16H17NO4S/c1-11-3-4-13(7-14(11)18)16(20)21-9-15(19)17(2)8-12-5-6-22-10-12/h3-7,10,18H,8-9H2,1-2H3. The molecule has 0 saturated carbocycles. The summed E-state index contributed by atoms with van der Waals surface area (Å²) in [4.78, 5) is 25.3. The molecule has 1 amide bonds. The Hall–Kier alpha value is -2.34. The van der Waals surface area contributed by atoms with Crippen LogP contribution in [0, 0.1) is 6.92 Å². The van der Waals surface area contributed by atoms with Gasteiger partial charge in [-0.1, -0.05) is 6.07 Å². The summed E-state index contributed by atoms with van der Waals surface area (Å²) < 4.78 is 4.99. The van der Waals surface area contributed by atoms with Crippen LogP contribution in [-0.2, 0) is 16.1 Å². The lowest BCUT2D eigenvalue weighted by atomic mass is 10.1. The van der Waals surface area contributed by atoms with Crippen molar-refractivity contribution in [3.05, 3.63) is 51.7 Å². The van der Waals surface area contributed by atoms with E-state index in [4.69, 9.17) is 4.74 Å². The Morgan fingerprint density at radius 3 is 2.73 bits per heavy atom. The maximum Gasteiger partial charge on any atom is 0.338 e. The minimum absolute atomic E-state index is 0.0235. The van der Waals surface area contributed by atoms with Crippen molar-refractivity contribution in [2.45, 2.75) is 13.5 Å². The normalized spacial score (nSPS) is 10.3. The number of thiophene rings is 1. The number of likely N-dealkylation sites (N-methyl/N-ethyl adjacent to an activating group) is 1. The molecule has 0 aliphatic heterocycles. The summed E-state index contributed by atoms with van der Waals surface area (Å²) in [5, 5.41) is 13.5. The van der Waals surface area contributed by atoms with Crippen LogP contribution in [-0.4, -0.2) is 35.5 Å². The monoisotopic (exact) mass is 319 g/mol. The summed E-state index contributed by atoms with van der Waals surface area (Å²) in [5.41, 5.74) is 1.93. The number of carbonyl (C=O) groups excluding carboxylic acids is 2. The first kappa shape index (κ1) is 16.0. The van der Waals surface area contributed by atoms with Gasteiger partial charge in [-0.15, -0.1) is 0 Å². The summed E-state index contributed by atoms with van der Waals surface area (Å²) in [6.45, 7) is 1.88. The van der Waals surface area contributed by atoms with E-state index in [9.17, 15) is 14.7 Å². The van der Waals surface area contributed by atoms with Gasteiger partial charge in [0.15, 0.2) is 6.61 Å². The topological polar surface area (TPSA) is 66.8 Å². The molecule has 0 bridgehead atoms. The third-order valence-corrected chi connectivity index (χ3v) is 3.93. The molecule has 0 unspecified atom stereocenters. The Bertz CT molecular complexity index is 667. The Balaban J connectivity index is 1.87. The third-order valence-electron chi connectivity index (χ3n) is 3.20. The smallest absolute Gasteiger partial charge is 0.338 e. The van der Waals surface area contributed by atoms with Crippen molar-refractivity contribution >= 4 is 23.2 Å². The summed E-state index contributed by atoms with van der Waals surface area (Å²) in [6.07, 6.45) is 0. The number of amides is 1. The van der Waals surface area contributed by atoms with Crippen LogP contribution in [0.3, 0.4) is 0 Å². The highest BCUT2D eigenvalue weighted by atomic mass is 32.1. The number of phenols is 1. The van der Waals surface area contributed by atoms with E-state index in [1.807, 2.05) is 16.8 Å². The lowest BCUT2D eigenvalue weighted by Gasteiger charge is -2.16. The number of phenolic OH excluding ortho intramolecular Hbond substituents is 1. The molecular weight excluding hydrogens is 302 g/mol. The van der Waals surface area contributed by atoms with E-state index < -0.39 is 5.97 Å². The molecule has 0 atom stereocenters. The van der Waals surface area contributed by atoms with Crippen molar-refractivity contribution in [1.29, 1.82) is 0 Å². The largest absolute Gasteiger partial charge is 0.508 e. The maximum absolute atomic E-state index is 11.9. The Labute approximate surface area is 132 Å². The first-order valence-corrected chi connectivity index (χ1v) is 7.63. The molecule has 0 saturated heterocycles. The van der Waals surface area contributed by atoms with E-state index in [-0.39, 0.29) is 23.8 Å². The zero-order chi connectivity index (χ0) is 16.1. The molecule has 1 aromatic carbocycles. The number of rotatable bonds is 5. The van der Waals surface area contributed by atoms with Crippen molar-refractivity contribution in [3.8, 4) is 5.75 Å². The van der Waals surface area contributed by atoms with E-state index >= 15 is 0 Å². The van der Waals surface area contributed by atoms with Gasteiger partial charge >= 0.3 is 5.97 Å². The number of hydrogen-bond donors (Lipinski definition) is 1. The molecule has 0 aliphatic carbocycles. The highest BCUT2D eigenvalue weighted by Crippen LogP contribution is 2.18. The molecule has 0 fully saturated rings. The molecule has 22 heavy (non-hydrogen) atoms. The lowest BCUT2D eigenvalue weighted by molar-refractivity contribution is -0.133. The minimum atomic E-state index is -0.632. The van der Waals surface area contributed by atoms with Crippen molar-refractivity contribution in [2.75, 3.05) is 13.7 Å². The number of carbonyl (C=O) groups is 2. The highest BCUT2D eigenvalue weighted by Gasteiger charge is 2.14. The van der Waals surface area contributed by atoms with Gasteiger partial charge in [-0.2, -0.15) is 11.3 Å². The number of benzene rings is 1. The molecular formula is C16H17NO4S. The predicted octanol–water partition coefficient (Wildman–Crippen LogP) is 2.58. The van der Waals surface area contributed by atoms with Crippen molar-refractivity contribution in [1.82, 2.24) is 4.90 Å². The van der Waals surface area contributed by atoms with Crippen molar-refractivity contribution < 1.29 is 19.4 Å². The molecule has 2 rings (SSSR count). The van der Waals surface area contributed by atoms with Gasteiger partial charge < -0.3 is 14.7 Å². The van der Waals surface area contributed by atoms with Gasteiger partial charge in [-0.05, 0) is 47.0 Å². The first-order chi connectivity index (χ1) is 10.5. The van der Waals surface area contributed by atoms with Gasteiger partial charge in [-0.25, -0.2) is 4.79 Å². The van der Waals surface area contributed by atoms with Crippen LogP contribution in [0.4, 0.5) is 0 Å².